The number of amides is 1. The van der Waals surface area contributed by atoms with Crippen LogP contribution in [0.15, 0.2) is 55.0 Å². The molecule has 1 aromatic carbocycles. The number of nitrogens with zero attached hydrogens (tertiary/aromatic N) is 3. The Morgan fingerprint density at radius 2 is 1.92 bits per heavy atom. The molecule has 1 N–H and O–H groups in total. The molecular formula is C18H18F2N4O2. The number of carbonyl (C=O) groups is 1. The van der Waals surface area contributed by atoms with Crippen molar-refractivity contribution in [2.75, 3.05) is 6.54 Å². The van der Waals surface area contributed by atoms with Crippen LogP contribution in [0.2, 0.25) is 0 Å². The Morgan fingerprint density at radius 1 is 1.23 bits per heavy atom. The molecule has 8 heteroatoms. The quantitative estimate of drug-likeness (QED) is 0.705. The van der Waals surface area contributed by atoms with Crippen LogP contribution in [0.25, 0.3) is 5.82 Å². The van der Waals surface area contributed by atoms with Gasteiger partial charge in [-0.3, -0.25) is 9.48 Å². The van der Waals surface area contributed by atoms with E-state index in [0.717, 1.165) is 5.56 Å². The molecule has 0 saturated carbocycles. The first-order chi connectivity index (χ1) is 12.5. The Hall–Kier alpha value is -3.16. The summed E-state index contributed by atoms with van der Waals surface area (Å²) in [5.41, 5.74) is 1.38. The van der Waals surface area contributed by atoms with E-state index in [9.17, 15) is 13.6 Å². The van der Waals surface area contributed by atoms with Crippen LogP contribution in [0.1, 0.15) is 15.9 Å². The Balaban J connectivity index is 1.58. The van der Waals surface area contributed by atoms with E-state index in [0.29, 0.717) is 24.3 Å². The van der Waals surface area contributed by atoms with Gasteiger partial charge < -0.3 is 14.6 Å². The first-order valence-electron chi connectivity index (χ1n) is 8.02. The largest absolute Gasteiger partial charge is 0.435 e. The van der Waals surface area contributed by atoms with Crippen LogP contribution >= 0.6 is 0 Å². The number of nitrogens with one attached hydrogen (secondary N) is 1. The van der Waals surface area contributed by atoms with Gasteiger partial charge in [-0.25, -0.2) is 0 Å². The van der Waals surface area contributed by atoms with Crippen LogP contribution in [0.4, 0.5) is 8.78 Å². The van der Waals surface area contributed by atoms with Gasteiger partial charge in [0.25, 0.3) is 5.91 Å². The van der Waals surface area contributed by atoms with E-state index >= 15 is 0 Å². The second-order valence-electron chi connectivity index (χ2n) is 5.62. The minimum absolute atomic E-state index is 0.111. The standard InChI is InChI=1S/C18H18F2N4O2/c1-23-17(24-10-2-3-11-24)15(12-22-23)16(25)21-9-8-13-4-6-14(7-5-13)26-18(19)20/h2-7,10-12,18H,8-9H2,1H3,(H,21,25). The van der Waals surface area contributed by atoms with E-state index in [1.807, 2.05) is 29.1 Å². The van der Waals surface area contributed by atoms with Gasteiger partial charge in [-0.1, -0.05) is 12.1 Å². The van der Waals surface area contributed by atoms with Gasteiger partial charge in [0.2, 0.25) is 0 Å². The number of hydrogen-bond donors (Lipinski definition) is 1. The number of halogens is 2. The highest BCUT2D eigenvalue weighted by Crippen LogP contribution is 2.16. The van der Waals surface area contributed by atoms with Crippen molar-refractivity contribution in [2.24, 2.45) is 7.05 Å². The monoisotopic (exact) mass is 360 g/mol. The molecule has 26 heavy (non-hydrogen) atoms. The minimum atomic E-state index is -2.84. The molecule has 6 nitrogen and oxygen atoms in total. The minimum Gasteiger partial charge on any atom is -0.435 e. The van der Waals surface area contributed by atoms with E-state index in [4.69, 9.17) is 0 Å². The lowest BCUT2D eigenvalue weighted by Crippen LogP contribution is -2.26. The molecule has 3 rings (SSSR count). The zero-order valence-electron chi connectivity index (χ0n) is 14.1. The third-order valence-corrected chi connectivity index (χ3v) is 3.85. The fraction of sp³-hybridized carbons (Fsp3) is 0.222. The number of rotatable bonds is 7. The maximum Gasteiger partial charge on any atom is 0.387 e. The summed E-state index contributed by atoms with van der Waals surface area (Å²) < 4.78 is 32.0. The van der Waals surface area contributed by atoms with Crippen LogP contribution in [0.3, 0.4) is 0 Å². The maximum absolute atomic E-state index is 12.5. The molecule has 0 spiro atoms. The third kappa shape index (κ3) is 4.08. The fourth-order valence-corrected chi connectivity index (χ4v) is 2.63. The average molecular weight is 360 g/mol. The molecule has 136 valence electrons. The van der Waals surface area contributed by atoms with Crippen LogP contribution in [-0.2, 0) is 13.5 Å². The summed E-state index contributed by atoms with van der Waals surface area (Å²) in [7, 11) is 1.77. The highest BCUT2D eigenvalue weighted by Gasteiger charge is 2.16. The topological polar surface area (TPSA) is 61.1 Å². The number of benzene rings is 1. The summed E-state index contributed by atoms with van der Waals surface area (Å²) in [5.74, 6) is 0.569. The van der Waals surface area contributed by atoms with Crippen LogP contribution < -0.4 is 10.1 Å². The number of hydrogen-bond acceptors (Lipinski definition) is 3. The molecule has 0 radical (unpaired) electrons. The highest BCUT2D eigenvalue weighted by atomic mass is 19.3. The van der Waals surface area contributed by atoms with Gasteiger partial charge in [0.15, 0.2) is 0 Å². The summed E-state index contributed by atoms with van der Waals surface area (Å²) in [6, 6.07) is 10.1. The molecule has 1 amide bonds. The molecule has 0 fully saturated rings. The van der Waals surface area contributed by atoms with Gasteiger partial charge in [-0.15, -0.1) is 0 Å². The van der Waals surface area contributed by atoms with Crippen molar-refractivity contribution < 1.29 is 18.3 Å². The Morgan fingerprint density at radius 3 is 2.58 bits per heavy atom. The lowest BCUT2D eigenvalue weighted by Gasteiger charge is -2.09. The van der Waals surface area contributed by atoms with E-state index in [-0.39, 0.29) is 11.7 Å². The Bertz CT molecular complexity index is 858. The molecule has 0 saturated heterocycles. The van der Waals surface area contributed by atoms with E-state index in [1.165, 1.54) is 18.3 Å². The van der Waals surface area contributed by atoms with Crippen molar-refractivity contribution in [2.45, 2.75) is 13.0 Å². The van der Waals surface area contributed by atoms with Crippen molar-refractivity contribution in [3.63, 3.8) is 0 Å². The summed E-state index contributed by atoms with van der Waals surface area (Å²) in [5, 5.41) is 7.01. The third-order valence-electron chi connectivity index (χ3n) is 3.85. The van der Waals surface area contributed by atoms with Crippen LogP contribution in [-0.4, -0.2) is 33.4 Å². The average Bonchev–Trinajstić information content (AvgIpc) is 3.25. The van der Waals surface area contributed by atoms with E-state index in [1.54, 1.807) is 23.9 Å². The summed E-state index contributed by atoms with van der Waals surface area (Å²) >= 11 is 0. The fourth-order valence-electron chi connectivity index (χ4n) is 2.63. The SMILES string of the molecule is Cn1ncc(C(=O)NCCc2ccc(OC(F)F)cc2)c1-n1cccc1. The molecule has 2 heterocycles. The predicted octanol–water partition coefficient (Wildman–Crippen LogP) is 2.78. The number of aryl methyl sites for hydroxylation is 1. The van der Waals surface area contributed by atoms with Gasteiger partial charge in [0.05, 0.1) is 6.20 Å². The summed E-state index contributed by atoms with van der Waals surface area (Å²) in [4.78, 5) is 12.5. The highest BCUT2D eigenvalue weighted by molar-refractivity contribution is 5.97. The molecule has 2 aromatic heterocycles. The van der Waals surface area contributed by atoms with Crippen molar-refractivity contribution in [1.29, 1.82) is 0 Å². The number of aromatic nitrogens is 3. The van der Waals surface area contributed by atoms with Crippen LogP contribution in [0.5, 0.6) is 5.75 Å². The molecule has 0 aliphatic rings. The van der Waals surface area contributed by atoms with Gasteiger partial charge in [0, 0.05) is 26.0 Å². The zero-order chi connectivity index (χ0) is 18.5. The number of alkyl halides is 2. The van der Waals surface area contributed by atoms with Crippen molar-refractivity contribution >= 4 is 5.91 Å². The first-order valence-corrected chi connectivity index (χ1v) is 8.02. The Labute approximate surface area is 149 Å². The Kier molecular flexibility index (Phi) is 5.31. The molecule has 0 atom stereocenters. The van der Waals surface area contributed by atoms with Crippen molar-refractivity contribution in [3.8, 4) is 11.6 Å². The molecule has 0 unspecified atom stereocenters. The molecule has 3 aromatic rings. The van der Waals surface area contributed by atoms with Crippen molar-refractivity contribution in [1.82, 2.24) is 19.7 Å². The smallest absolute Gasteiger partial charge is 0.387 e. The van der Waals surface area contributed by atoms with Crippen LogP contribution in [0, 0.1) is 0 Å². The van der Waals surface area contributed by atoms with Gasteiger partial charge >= 0.3 is 6.61 Å². The normalized spacial score (nSPS) is 10.9. The van der Waals surface area contributed by atoms with Gasteiger partial charge in [0.1, 0.15) is 17.1 Å². The van der Waals surface area contributed by atoms with Gasteiger partial charge in [-0.2, -0.15) is 13.9 Å². The van der Waals surface area contributed by atoms with E-state index < -0.39 is 6.61 Å². The lowest BCUT2D eigenvalue weighted by molar-refractivity contribution is -0.0498. The van der Waals surface area contributed by atoms with Crippen molar-refractivity contribution in [3.05, 3.63) is 66.1 Å². The molecule has 0 aliphatic carbocycles. The molecule has 0 aliphatic heterocycles. The lowest BCUT2D eigenvalue weighted by atomic mass is 10.1. The number of ether oxygens (including phenoxy) is 1. The number of carbonyl (C=O) groups excluding carboxylic acids is 1. The second-order valence-corrected chi connectivity index (χ2v) is 5.62. The van der Waals surface area contributed by atoms with Gasteiger partial charge in [-0.05, 0) is 36.2 Å². The maximum atomic E-state index is 12.5. The molecule has 0 bridgehead atoms. The zero-order valence-corrected chi connectivity index (χ0v) is 14.1. The van der Waals surface area contributed by atoms with E-state index in [2.05, 4.69) is 15.2 Å². The predicted molar refractivity (Wildman–Crippen MR) is 91.6 cm³/mol. The summed E-state index contributed by atoms with van der Waals surface area (Å²) in [6.07, 6.45) is 5.79. The molecular weight excluding hydrogens is 342 g/mol. The summed E-state index contributed by atoms with van der Waals surface area (Å²) in [6.45, 7) is -2.43. The second kappa shape index (κ2) is 7.81. The first kappa shape index (κ1) is 17.7.